The number of hydrogen-bond donors (Lipinski definition) is 3. The largest absolute Gasteiger partial charge is 0.480 e. The molecule has 0 aliphatic heterocycles. The molecule has 104 valence electrons. The monoisotopic (exact) mass is 264 g/mol. The number of hydrogen-bond acceptors (Lipinski definition) is 5. The third-order valence-corrected chi connectivity index (χ3v) is 3.45. The maximum atomic E-state index is 10.8. The van der Waals surface area contributed by atoms with E-state index in [1.807, 2.05) is 0 Å². The van der Waals surface area contributed by atoms with Crippen molar-refractivity contribution in [3.63, 3.8) is 0 Å². The van der Waals surface area contributed by atoms with Crippen molar-refractivity contribution in [2.45, 2.75) is 38.6 Å². The second-order valence-electron chi connectivity index (χ2n) is 5.02. The van der Waals surface area contributed by atoms with Crippen LogP contribution in [-0.4, -0.2) is 33.6 Å². The number of rotatable bonds is 6. The van der Waals surface area contributed by atoms with Gasteiger partial charge in [-0.15, -0.1) is 0 Å². The zero-order valence-corrected chi connectivity index (χ0v) is 11.1. The van der Waals surface area contributed by atoms with E-state index in [9.17, 15) is 4.79 Å². The summed E-state index contributed by atoms with van der Waals surface area (Å²) in [6.45, 7) is 2.50. The van der Waals surface area contributed by atoms with Gasteiger partial charge in [0.25, 0.3) is 0 Å². The van der Waals surface area contributed by atoms with E-state index < -0.39 is 12.0 Å². The van der Waals surface area contributed by atoms with Crippen LogP contribution in [0, 0.1) is 5.92 Å². The van der Waals surface area contributed by atoms with Crippen LogP contribution in [0.4, 0.5) is 11.6 Å². The normalized spacial score (nSPS) is 17.1. The Kier molecular flexibility index (Phi) is 4.54. The molecule has 6 nitrogen and oxygen atoms in total. The standard InChI is InChI=1S/C13H20N4O2/c1-9(13(18)19)17-12-6-11(15-8-16-12)14-7-10-4-2-3-5-10/h6,8-10H,2-5,7H2,1H3,(H,18,19)(H2,14,15,16,17). The first-order chi connectivity index (χ1) is 9.15. The molecule has 2 rings (SSSR count). The second kappa shape index (κ2) is 6.36. The van der Waals surface area contributed by atoms with Crippen molar-refractivity contribution in [2.24, 2.45) is 5.92 Å². The van der Waals surface area contributed by atoms with Gasteiger partial charge in [-0.1, -0.05) is 12.8 Å². The number of carbonyl (C=O) groups is 1. The third-order valence-electron chi connectivity index (χ3n) is 3.45. The van der Waals surface area contributed by atoms with Crippen LogP contribution in [0.25, 0.3) is 0 Å². The zero-order chi connectivity index (χ0) is 13.7. The molecule has 1 heterocycles. The summed E-state index contributed by atoms with van der Waals surface area (Å²) < 4.78 is 0. The van der Waals surface area contributed by atoms with E-state index in [0.29, 0.717) is 5.82 Å². The summed E-state index contributed by atoms with van der Waals surface area (Å²) in [4.78, 5) is 18.9. The number of aromatic nitrogens is 2. The summed E-state index contributed by atoms with van der Waals surface area (Å²) in [7, 11) is 0. The Hall–Kier alpha value is -1.85. The molecule has 3 N–H and O–H groups in total. The molecule has 0 amide bonds. The smallest absolute Gasteiger partial charge is 0.325 e. The lowest BCUT2D eigenvalue weighted by Gasteiger charge is -2.13. The third kappa shape index (κ3) is 4.08. The van der Waals surface area contributed by atoms with Gasteiger partial charge in [0.15, 0.2) is 0 Å². The summed E-state index contributed by atoms with van der Waals surface area (Å²) in [5, 5.41) is 14.9. The molecule has 0 spiro atoms. The molecule has 1 aliphatic carbocycles. The first-order valence-electron chi connectivity index (χ1n) is 6.70. The van der Waals surface area contributed by atoms with Crippen LogP contribution in [0.3, 0.4) is 0 Å². The van der Waals surface area contributed by atoms with Crippen molar-refractivity contribution in [1.82, 2.24) is 9.97 Å². The molecule has 0 aromatic carbocycles. The Morgan fingerprint density at radius 3 is 2.79 bits per heavy atom. The Morgan fingerprint density at radius 2 is 2.11 bits per heavy atom. The number of nitrogens with one attached hydrogen (secondary N) is 2. The number of nitrogens with zero attached hydrogens (tertiary/aromatic N) is 2. The molecule has 0 bridgehead atoms. The summed E-state index contributed by atoms with van der Waals surface area (Å²) in [6, 6.07) is 1.08. The topological polar surface area (TPSA) is 87.1 Å². The van der Waals surface area contributed by atoms with Gasteiger partial charge >= 0.3 is 5.97 Å². The van der Waals surface area contributed by atoms with E-state index in [0.717, 1.165) is 18.3 Å². The molecular weight excluding hydrogens is 244 g/mol. The number of aliphatic carboxylic acids is 1. The van der Waals surface area contributed by atoms with E-state index in [1.54, 1.807) is 13.0 Å². The van der Waals surface area contributed by atoms with Crippen molar-refractivity contribution in [3.05, 3.63) is 12.4 Å². The van der Waals surface area contributed by atoms with Crippen LogP contribution in [0.15, 0.2) is 12.4 Å². The number of anilines is 2. The van der Waals surface area contributed by atoms with E-state index >= 15 is 0 Å². The molecule has 0 saturated heterocycles. The predicted octanol–water partition coefficient (Wildman–Crippen LogP) is 1.96. The van der Waals surface area contributed by atoms with Crippen molar-refractivity contribution in [3.8, 4) is 0 Å². The van der Waals surface area contributed by atoms with Crippen LogP contribution in [0.1, 0.15) is 32.6 Å². The summed E-state index contributed by atoms with van der Waals surface area (Å²) in [5.74, 6) is 1.09. The molecular formula is C13H20N4O2. The number of carboxylic acid groups (broad SMARTS) is 1. The van der Waals surface area contributed by atoms with Crippen molar-refractivity contribution in [1.29, 1.82) is 0 Å². The highest BCUT2D eigenvalue weighted by atomic mass is 16.4. The van der Waals surface area contributed by atoms with Crippen LogP contribution in [0.5, 0.6) is 0 Å². The van der Waals surface area contributed by atoms with Crippen LogP contribution in [0.2, 0.25) is 0 Å². The van der Waals surface area contributed by atoms with Crippen LogP contribution in [-0.2, 0) is 4.79 Å². The highest BCUT2D eigenvalue weighted by Crippen LogP contribution is 2.24. The van der Waals surface area contributed by atoms with Gasteiger partial charge in [-0.2, -0.15) is 0 Å². The fourth-order valence-electron chi connectivity index (χ4n) is 2.28. The van der Waals surface area contributed by atoms with E-state index in [4.69, 9.17) is 5.11 Å². The van der Waals surface area contributed by atoms with Crippen LogP contribution >= 0.6 is 0 Å². The van der Waals surface area contributed by atoms with Gasteiger partial charge in [0.2, 0.25) is 0 Å². The highest BCUT2D eigenvalue weighted by molar-refractivity contribution is 5.76. The summed E-state index contributed by atoms with van der Waals surface area (Å²) >= 11 is 0. The minimum Gasteiger partial charge on any atom is -0.480 e. The molecule has 1 aromatic rings. The zero-order valence-electron chi connectivity index (χ0n) is 11.1. The highest BCUT2D eigenvalue weighted by Gasteiger charge is 2.15. The summed E-state index contributed by atoms with van der Waals surface area (Å²) in [5.41, 5.74) is 0. The van der Waals surface area contributed by atoms with E-state index in [-0.39, 0.29) is 0 Å². The van der Waals surface area contributed by atoms with Gasteiger partial charge in [0.05, 0.1) is 0 Å². The average Bonchev–Trinajstić information content (AvgIpc) is 2.90. The van der Waals surface area contributed by atoms with Gasteiger partial charge in [0.1, 0.15) is 24.0 Å². The lowest BCUT2D eigenvalue weighted by molar-refractivity contribution is -0.137. The maximum Gasteiger partial charge on any atom is 0.325 e. The quantitative estimate of drug-likeness (QED) is 0.728. The summed E-state index contributed by atoms with van der Waals surface area (Å²) in [6.07, 6.45) is 6.63. The minimum atomic E-state index is -0.904. The molecule has 1 saturated carbocycles. The Morgan fingerprint density at radius 1 is 1.42 bits per heavy atom. The van der Waals surface area contributed by atoms with Crippen molar-refractivity contribution >= 4 is 17.6 Å². The van der Waals surface area contributed by atoms with Gasteiger partial charge in [-0.25, -0.2) is 9.97 Å². The lowest BCUT2D eigenvalue weighted by Crippen LogP contribution is -2.26. The van der Waals surface area contributed by atoms with Crippen molar-refractivity contribution in [2.75, 3.05) is 17.2 Å². The minimum absolute atomic E-state index is 0.527. The Balaban J connectivity index is 1.88. The van der Waals surface area contributed by atoms with Gasteiger partial charge in [-0.05, 0) is 25.7 Å². The fourth-order valence-corrected chi connectivity index (χ4v) is 2.28. The molecule has 1 atom stereocenters. The first kappa shape index (κ1) is 13.6. The fraction of sp³-hybridized carbons (Fsp3) is 0.615. The lowest BCUT2D eigenvalue weighted by atomic mass is 10.1. The molecule has 19 heavy (non-hydrogen) atoms. The average molecular weight is 264 g/mol. The molecule has 1 fully saturated rings. The van der Waals surface area contributed by atoms with E-state index in [1.165, 1.54) is 32.0 Å². The predicted molar refractivity (Wildman–Crippen MR) is 73.2 cm³/mol. The SMILES string of the molecule is CC(Nc1cc(NCC2CCCC2)ncn1)C(=O)O. The first-order valence-corrected chi connectivity index (χ1v) is 6.70. The van der Waals surface area contributed by atoms with Gasteiger partial charge in [-0.3, -0.25) is 4.79 Å². The molecule has 6 heteroatoms. The second-order valence-corrected chi connectivity index (χ2v) is 5.02. The Bertz CT molecular complexity index is 432. The van der Waals surface area contributed by atoms with Crippen molar-refractivity contribution < 1.29 is 9.90 Å². The Labute approximate surface area is 112 Å². The molecule has 1 unspecified atom stereocenters. The van der Waals surface area contributed by atoms with Gasteiger partial charge < -0.3 is 15.7 Å². The molecule has 1 aromatic heterocycles. The molecule has 0 radical (unpaired) electrons. The van der Waals surface area contributed by atoms with E-state index in [2.05, 4.69) is 20.6 Å². The molecule has 1 aliphatic rings. The van der Waals surface area contributed by atoms with Gasteiger partial charge in [0, 0.05) is 12.6 Å². The van der Waals surface area contributed by atoms with Crippen LogP contribution < -0.4 is 10.6 Å². The maximum absolute atomic E-state index is 10.8. The number of carboxylic acids is 1.